The molecule has 1 N–H and O–H groups in total. The quantitative estimate of drug-likeness (QED) is 0.777. The van der Waals surface area contributed by atoms with E-state index in [0.29, 0.717) is 35.8 Å². The van der Waals surface area contributed by atoms with Crippen molar-refractivity contribution in [2.24, 2.45) is 11.8 Å². The lowest BCUT2D eigenvalue weighted by Crippen LogP contribution is -2.44. The molecule has 29 heavy (non-hydrogen) atoms. The number of carbonyl (C=O) groups is 3. The number of hydrogen-bond donors (Lipinski definition) is 1. The van der Waals surface area contributed by atoms with Crippen molar-refractivity contribution in [1.82, 2.24) is 10.2 Å². The van der Waals surface area contributed by atoms with Gasteiger partial charge in [0, 0.05) is 35.5 Å². The third kappa shape index (κ3) is 3.66. The Hall–Kier alpha value is -2.69. The molecule has 0 spiro atoms. The molecule has 152 valence electrons. The average molecular weight is 392 g/mol. The standard InChI is InChI=1S/C24H28N2O3/c1-15-7-3-12-20(16(15)2)25-21(27)13-6-14-26-23(28)18-10-4-8-17-9-5-11-19(22(17)18)24(26)29/h4-5,8-11,15-16,20H,3,6-7,12-14H2,1-2H3,(H,25,27)/t15-,16+,20-/m1/s1. The summed E-state index contributed by atoms with van der Waals surface area (Å²) in [6.45, 7) is 4.71. The van der Waals surface area contributed by atoms with E-state index in [1.165, 1.54) is 11.3 Å². The van der Waals surface area contributed by atoms with Gasteiger partial charge in [0.25, 0.3) is 11.8 Å². The van der Waals surface area contributed by atoms with Crippen LogP contribution in [0.2, 0.25) is 0 Å². The fraction of sp³-hybridized carbons (Fsp3) is 0.458. The number of hydrogen-bond acceptors (Lipinski definition) is 3. The molecule has 4 rings (SSSR count). The first kappa shape index (κ1) is 19.6. The lowest BCUT2D eigenvalue weighted by molar-refractivity contribution is -0.122. The zero-order valence-electron chi connectivity index (χ0n) is 17.1. The highest BCUT2D eigenvalue weighted by atomic mass is 16.2. The molecular formula is C24H28N2O3. The molecule has 3 amide bonds. The van der Waals surface area contributed by atoms with Crippen LogP contribution >= 0.6 is 0 Å². The molecule has 2 aromatic carbocycles. The van der Waals surface area contributed by atoms with E-state index in [9.17, 15) is 14.4 Å². The van der Waals surface area contributed by atoms with Gasteiger partial charge in [-0.2, -0.15) is 0 Å². The number of rotatable bonds is 5. The Labute approximate surface area is 171 Å². The summed E-state index contributed by atoms with van der Waals surface area (Å²) in [4.78, 5) is 39.5. The van der Waals surface area contributed by atoms with Gasteiger partial charge in [-0.1, -0.05) is 51.0 Å². The highest BCUT2D eigenvalue weighted by Gasteiger charge is 2.32. The minimum Gasteiger partial charge on any atom is -0.353 e. The number of imide groups is 1. The van der Waals surface area contributed by atoms with Gasteiger partial charge in [-0.25, -0.2) is 0 Å². The van der Waals surface area contributed by atoms with Gasteiger partial charge in [-0.05, 0) is 42.2 Å². The number of carbonyl (C=O) groups excluding carboxylic acids is 3. The lowest BCUT2D eigenvalue weighted by Gasteiger charge is -2.34. The van der Waals surface area contributed by atoms with Crippen LogP contribution in [0.15, 0.2) is 36.4 Å². The smallest absolute Gasteiger partial charge is 0.261 e. The average Bonchev–Trinajstić information content (AvgIpc) is 2.72. The molecule has 5 nitrogen and oxygen atoms in total. The summed E-state index contributed by atoms with van der Waals surface area (Å²) in [6, 6.07) is 11.3. The number of nitrogens with one attached hydrogen (secondary N) is 1. The van der Waals surface area contributed by atoms with Crippen LogP contribution in [-0.4, -0.2) is 35.2 Å². The molecule has 1 heterocycles. The molecule has 0 saturated heterocycles. The molecule has 0 radical (unpaired) electrons. The maximum absolute atomic E-state index is 12.9. The summed E-state index contributed by atoms with van der Waals surface area (Å²) in [5.74, 6) is 0.578. The van der Waals surface area contributed by atoms with Crippen molar-refractivity contribution in [2.75, 3.05) is 6.54 Å². The van der Waals surface area contributed by atoms with E-state index in [4.69, 9.17) is 0 Å². The maximum Gasteiger partial charge on any atom is 0.261 e. The Kier molecular flexibility index (Phi) is 5.39. The molecular weight excluding hydrogens is 364 g/mol. The molecule has 2 aromatic rings. The molecule has 0 bridgehead atoms. The molecule has 1 fully saturated rings. The van der Waals surface area contributed by atoms with E-state index < -0.39 is 0 Å². The molecule has 2 aliphatic rings. The van der Waals surface area contributed by atoms with Gasteiger partial charge >= 0.3 is 0 Å². The summed E-state index contributed by atoms with van der Waals surface area (Å²) in [5, 5.41) is 4.80. The third-order valence-electron chi connectivity index (χ3n) is 6.69. The van der Waals surface area contributed by atoms with Gasteiger partial charge in [0.1, 0.15) is 0 Å². The predicted octanol–water partition coefficient (Wildman–Crippen LogP) is 4.16. The fourth-order valence-electron chi connectivity index (χ4n) is 4.75. The van der Waals surface area contributed by atoms with Gasteiger partial charge in [0.2, 0.25) is 5.91 Å². The summed E-state index contributed by atoms with van der Waals surface area (Å²) in [6.07, 6.45) is 4.19. The number of benzene rings is 2. The first-order chi connectivity index (χ1) is 14.0. The van der Waals surface area contributed by atoms with Crippen molar-refractivity contribution in [1.29, 1.82) is 0 Å². The highest BCUT2D eigenvalue weighted by molar-refractivity contribution is 6.25. The van der Waals surface area contributed by atoms with Crippen LogP contribution in [0.25, 0.3) is 10.8 Å². The normalized spacial score (nSPS) is 24.1. The van der Waals surface area contributed by atoms with Crippen molar-refractivity contribution in [3.8, 4) is 0 Å². The second kappa shape index (κ2) is 7.97. The van der Waals surface area contributed by atoms with E-state index in [1.54, 1.807) is 12.1 Å². The summed E-state index contributed by atoms with van der Waals surface area (Å²) >= 11 is 0. The van der Waals surface area contributed by atoms with Crippen LogP contribution in [0.4, 0.5) is 0 Å². The van der Waals surface area contributed by atoms with E-state index >= 15 is 0 Å². The first-order valence-electron chi connectivity index (χ1n) is 10.6. The maximum atomic E-state index is 12.9. The molecule has 1 aliphatic heterocycles. The zero-order chi connectivity index (χ0) is 20.5. The molecule has 3 atom stereocenters. The molecule has 1 saturated carbocycles. The molecule has 5 heteroatoms. The zero-order valence-corrected chi connectivity index (χ0v) is 17.1. The van der Waals surface area contributed by atoms with Gasteiger partial charge in [0.15, 0.2) is 0 Å². The molecule has 0 unspecified atom stereocenters. The van der Waals surface area contributed by atoms with E-state index in [-0.39, 0.29) is 30.3 Å². The number of amides is 3. The van der Waals surface area contributed by atoms with Crippen molar-refractivity contribution >= 4 is 28.5 Å². The molecule has 0 aromatic heterocycles. The second-order valence-corrected chi connectivity index (χ2v) is 8.52. The van der Waals surface area contributed by atoms with Crippen LogP contribution in [0.3, 0.4) is 0 Å². The van der Waals surface area contributed by atoms with E-state index in [0.717, 1.165) is 23.6 Å². The Balaban J connectivity index is 1.39. The van der Waals surface area contributed by atoms with E-state index in [2.05, 4.69) is 19.2 Å². The SMILES string of the molecule is C[C@H]1[C@H](C)CCC[C@H]1NC(=O)CCCN1C(=O)c2cccc3cccc(c23)C1=O. The number of nitrogens with zero attached hydrogens (tertiary/aromatic N) is 1. The van der Waals surface area contributed by atoms with Crippen LogP contribution in [0, 0.1) is 11.8 Å². The van der Waals surface area contributed by atoms with Crippen molar-refractivity contribution in [3.63, 3.8) is 0 Å². The van der Waals surface area contributed by atoms with Crippen LogP contribution < -0.4 is 5.32 Å². The Bertz CT molecular complexity index is 917. The monoisotopic (exact) mass is 392 g/mol. The van der Waals surface area contributed by atoms with Gasteiger partial charge in [-0.15, -0.1) is 0 Å². The van der Waals surface area contributed by atoms with Crippen LogP contribution in [0.5, 0.6) is 0 Å². The summed E-state index contributed by atoms with van der Waals surface area (Å²) in [7, 11) is 0. The van der Waals surface area contributed by atoms with Crippen molar-refractivity contribution < 1.29 is 14.4 Å². The minimum atomic E-state index is -0.269. The Morgan fingerprint density at radius 1 is 1.03 bits per heavy atom. The third-order valence-corrected chi connectivity index (χ3v) is 6.69. The highest BCUT2D eigenvalue weighted by Crippen LogP contribution is 2.31. The van der Waals surface area contributed by atoms with Gasteiger partial charge in [-0.3, -0.25) is 19.3 Å². The molecule has 1 aliphatic carbocycles. The summed E-state index contributed by atoms with van der Waals surface area (Å²) < 4.78 is 0. The first-order valence-corrected chi connectivity index (χ1v) is 10.6. The van der Waals surface area contributed by atoms with Crippen LogP contribution in [-0.2, 0) is 4.79 Å². The summed E-state index contributed by atoms with van der Waals surface area (Å²) in [5.41, 5.74) is 1.12. The Morgan fingerprint density at radius 2 is 1.69 bits per heavy atom. The second-order valence-electron chi connectivity index (χ2n) is 8.52. The predicted molar refractivity (Wildman–Crippen MR) is 113 cm³/mol. The largest absolute Gasteiger partial charge is 0.353 e. The van der Waals surface area contributed by atoms with Gasteiger partial charge < -0.3 is 5.32 Å². The van der Waals surface area contributed by atoms with E-state index in [1.807, 2.05) is 24.3 Å². The van der Waals surface area contributed by atoms with Crippen molar-refractivity contribution in [3.05, 3.63) is 47.5 Å². The topological polar surface area (TPSA) is 66.5 Å². The lowest BCUT2D eigenvalue weighted by atomic mass is 9.78. The van der Waals surface area contributed by atoms with Gasteiger partial charge in [0.05, 0.1) is 0 Å². The van der Waals surface area contributed by atoms with Crippen LogP contribution in [0.1, 0.15) is 66.7 Å². The Morgan fingerprint density at radius 3 is 2.34 bits per heavy atom. The van der Waals surface area contributed by atoms with Crippen molar-refractivity contribution in [2.45, 2.75) is 52.0 Å². The fourth-order valence-corrected chi connectivity index (χ4v) is 4.75. The minimum absolute atomic E-state index is 0.00959.